The van der Waals surface area contributed by atoms with Crippen molar-refractivity contribution >= 4 is 17.7 Å². The monoisotopic (exact) mass is 416 g/mol. The second kappa shape index (κ2) is 10.2. The maximum absolute atomic E-state index is 12.9. The summed E-state index contributed by atoms with van der Waals surface area (Å²) in [5.74, 6) is -4.76. The second-order valence-electron chi connectivity index (χ2n) is 7.32. The van der Waals surface area contributed by atoms with Crippen molar-refractivity contribution in [1.29, 1.82) is 0 Å². The van der Waals surface area contributed by atoms with Crippen molar-refractivity contribution in [3.05, 3.63) is 55.1 Å². The number of carbonyl (C=O) groups is 3. The lowest BCUT2D eigenvalue weighted by molar-refractivity contribution is -0.171. The molecule has 0 radical (unpaired) electrons. The molecule has 1 N–H and O–H groups in total. The molecule has 0 aromatic heterocycles. The van der Waals surface area contributed by atoms with Gasteiger partial charge in [0.2, 0.25) is 0 Å². The molecule has 30 heavy (non-hydrogen) atoms. The van der Waals surface area contributed by atoms with Gasteiger partial charge in [-0.1, -0.05) is 37.4 Å². The fourth-order valence-corrected chi connectivity index (χ4v) is 3.83. The lowest BCUT2D eigenvalue weighted by Gasteiger charge is -2.43. The van der Waals surface area contributed by atoms with Crippen LogP contribution in [0.2, 0.25) is 0 Å². The molecule has 0 unspecified atom stereocenters. The van der Waals surface area contributed by atoms with E-state index in [0.717, 1.165) is 0 Å². The minimum atomic E-state index is -1.70. The second-order valence-corrected chi connectivity index (χ2v) is 7.32. The molecule has 1 fully saturated rings. The first-order chi connectivity index (χ1) is 14.3. The number of benzene rings is 1. The van der Waals surface area contributed by atoms with Crippen LogP contribution >= 0.6 is 0 Å². The Kier molecular flexibility index (Phi) is 7.94. The van der Waals surface area contributed by atoms with Crippen LogP contribution in [-0.4, -0.2) is 48.3 Å². The molecule has 1 aliphatic carbocycles. The van der Waals surface area contributed by atoms with E-state index in [-0.39, 0.29) is 19.6 Å². The van der Waals surface area contributed by atoms with Gasteiger partial charge in [-0.2, -0.15) is 0 Å². The Hall–Kier alpha value is -2.93. The van der Waals surface area contributed by atoms with E-state index in [1.54, 1.807) is 24.3 Å². The summed E-state index contributed by atoms with van der Waals surface area (Å²) in [6.07, 6.45) is 2.42. The predicted octanol–water partition coefficient (Wildman–Crippen LogP) is 2.58. The number of hydrogen-bond donors (Lipinski definition) is 1. The number of ether oxygens (including phenoxy) is 3. The number of esters is 2. The molecule has 1 aromatic carbocycles. The Morgan fingerprint density at radius 2 is 1.70 bits per heavy atom. The molecule has 7 heteroatoms. The number of hydrogen-bond acceptors (Lipinski definition) is 7. The number of rotatable bonds is 9. The third-order valence-corrected chi connectivity index (χ3v) is 5.04. The third-order valence-electron chi connectivity index (χ3n) is 5.04. The molecule has 1 saturated carbocycles. The number of ketones is 1. The first kappa shape index (κ1) is 23.3. The number of carbonyl (C=O) groups excluding carboxylic acids is 3. The first-order valence-corrected chi connectivity index (χ1v) is 9.79. The van der Waals surface area contributed by atoms with Crippen LogP contribution in [0.25, 0.3) is 0 Å². The summed E-state index contributed by atoms with van der Waals surface area (Å²) in [5.41, 5.74) is -1.18. The number of Topliss-reactive ketones (excluding diaryl/α,β-unsaturated/α-hetero) is 1. The summed E-state index contributed by atoms with van der Waals surface area (Å²) in [7, 11) is 0. The van der Waals surface area contributed by atoms with Gasteiger partial charge in [0.15, 0.2) is 5.78 Å². The molecule has 2 rings (SSSR count). The van der Waals surface area contributed by atoms with Crippen molar-refractivity contribution in [2.75, 3.05) is 19.8 Å². The van der Waals surface area contributed by atoms with Crippen LogP contribution in [-0.2, 0) is 23.9 Å². The van der Waals surface area contributed by atoms with Crippen molar-refractivity contribution < 1.29 is 33.7 Å². The highest BCUT2D eigenvalue weighted by Gasteiger charge is 2.57. The highest BCUT2D eigenvalue weighted by Crippen LogP contribution is 2.47. The molecule has 7 nitrogen and oxygen atoms in total. The van der Waals surface area contributed by atoms with E-state index < -0.39 is 41.1 Å². The van der Waals surface area contributed by atoms with Crippen molar-refractivity contribution in [2.24, 2.45) is 11.8 Å². The van der Waals surface area contributed by atoms with Gasteiger partial charge in [0.1, 0.15) is 24.9 Å². The Morgan fingerprint density at radius 3 is 2.23 bits per heavy atom. The van der Waals surface area contributed by atoms with Crippen molar-refractivity contribution in [3.8, 4) is 5.75 Å². The Balaban J connectivity index is 2.55. The summed E-state index contributed by atoms with van der Waals surface area (Å²) in [6.45, 7) is 10.6. The van der Waals surface area contributed by atoms with Crippen molar-refractivity contribution in [3.63, 3.8) is 0 Å². The van der Waals surface area contributed by atoms with Crippen molar-refractivity contribution in [2.45, 2.75) is 31.8 Å². The molecule has 162 valence electrons. The fraction of sp³-hybridized carbons (Fsp3) is 0.435. The van der Waals surface area contributed by atoms with Crippen LogP contribution in [0.15, 0.2) is 49.6 Å². The largest absolute Gasteiger partial charge is 0.494 e. The molecule has 1 aliphatic rings. The van der Waals surface area contributed by atoms with Crippen LogP contribution in [0, 0.1) is 11.8 Å². The van der Waals surface area contributed by atoms with Gasteiger partial charge in [-0.25, -0.2) is 0 Å². The SMILES string of the molecule is C=CCOC(=O)[C@@H]1C(=O)C[C@](C)(O)[C@@H](C(=O)OCC=C)[C@H]1c1ccc(OCC)cc1. The van der Waals surface area contributed by atoms with Gasteiger partial charge in [0.05, 0.1) is 18.1 Å². The zero-order valence-corrected chi connectivity index (χ0v) is 17.3. The van der Waals surface area contributed by atoms with E-state index in [1.807, 2.05) is 6.92 Å². The molecular weight excluding hydrogens is 388 g/mol. The van der Waals surface area contributed by atoms with Crippen LogP contribution in [0.3, 0.4) is 0 Å². The molecule has 1 aromatic rings. The Morgan fingerprint density at radius 1 is 1.13 bits per heavy atom. The van der Waals surface area contributed by atoms with E-state index in [9.17, 15) is 19.5 Å². The lowest BCUT2D eigenvalue weighted by Crippen LogP contribution is -2.55. The molecule has 0 amide bonds. The van der Waals surface area contributed by atoms with Crippen LogP contribution < -0.4 is 4.74 Å². The van der Waals surface area contributed by atoms with Crippen LogP contribution in [0.5, 0.6) is 5.75 Å². The minimum absolute atomic E-state index is 0.0546. The van der Waals surface area contributed by atoms with E-state index in [0.29, 0.717) is 17.9 Å². The summed E-state index contributed by atoms with van der Waals surface area (Å²) < 4.78 is 15.8. The molecule has 0 aliphatic heterocycles. The van der Waals surface area contributed by atoms with Gasteiger partial charge in [-0.15, -0.1) is 0 Å². The average molecular weight is 416 g/mol. The molecule has 0 bridgehead atoms. The predicted molar refractivity (Wildman–Crippen MR) is 110 cm³/mol. The first-order valence-electron chi connectivity index (χ1n) is 9.79. The summed E-state index contributed by atoms with van der Waals surface area (Å²) in [4.78, 5) is 38.5. The molecule has 0 saturated heterocycles. The quantitative estimate of drug-likeness (QED) is 0.375. The lowest BCUT2D eigenvalue weighted by atomic mass is 9.61. The van der Waals surface area contributed by atoms with E-state index in [1.165, 1.54) is 19.1 Å². The Labute approximate surface area is 176 Å². The maximum Gasteiger partial charge on any atom is 0.317 e. The standard InChI is InChI=1S/C23H28O7/c1-5-12-29-21(25)19-17(24)14-23(4,27)20(22(26)30-13-6-2)18(19)15-8-10-16(11-9-15)28-7-3/h5-6,8-11,18-20,27H,1-2,7,12-14H2,3-4H3/t18-,19+,20+,23-/m0/s1. The third kappa shape index (κ3) is 5.16. The van der Waals surface area contributed by atoms with Gasteiger partial charge in [-0.3, -0.25) is 14.4 Å². The normalized spacial score (nSPS) is 25.8. The van der Waals surface area contributed by atoms with E-state index in [4.69, 9.17) is 14.2 Å². The minimum Gasteiger partial charge on any atom is -0.494 e. The van der Waals surface area contributed by atoms with Gasteiger partial charge in [-0.05, 0) is 31.5 Å². The van der Waals surface area contributed by atoms with Crippen LogP contribution in [0.1, 0.15) is 31.7 Å². The summed E-state index contributed by atoms with van der Waals surface area (Å²) in [5, 5.41) is 11.0. The zero-order chi connectivity index (χ0) is 22.3. The van der Waals surface area contributed by atoms with Gasteiger partial charge >= 0.3 is 11.9 Å². The average Bonchev–Trinajstić information content (AvgIpc) is 2.70. The van der Waals surface area contributed by atoms with Gasteiger partial charge in [0, 0.05) is 12.3 Å². The Bertz CT molecular complexity index is 794. The fourth-order valence-electron chi connectivity index (χ4n) is 3.83. The zero-order valence-electron chi connectivity index (χ0n) is 17.3. The highest BCUT2D eigenvalue weighted by atomic mass is 16.5. The molecule has 0 heterocycles. The summed E-state index contributed by atoms with van der Waals surface area (Å²) in [6, 6.07) is 6.72. The maximum atomic E-state index is 12.9. The smallest absolute Gasteiger partial charge is 0.317 e. The van der Waals surface area contributed by atoms with Gasteiger partial charge < -0.3 is 19.3 Å². The van der Waals surface area contributed by atoms with Crippen LogP contribution in [0.4, 0.5) is 0 Å². The molecule has 4 atom stereocenters. The topological polar surface area (TPSA) is 99.1 Å². The van der Waals surface area contributed by atoms with E-state index >= 15 is 0 Å². The highest BCUT2D eigenvalue weighted by molar-refractivity contribution is 6.02. The van der Waals surface area contributed by atoms with E-state index in [2.05, 4.69) is 13.2 Å². The number of aliphatic hydroxyl groups is 1. The molecular formula is C23H28O7. The van der Waals surface area contributed by atoms with Crippen molar-refractivity contribution in [1.82, 2.24) is 0 Å². The summed E-state index contributed by atoms with van der Waals surface area (Å²) >= 11 is 0. The van der Waals surface area contributed by atoms with Gasteiger partial charge in [0.25, 0.3) is 0 Å². The molecule has 0 spiro atoms.